The van der Waals surface area contributed by atoms with Gasteiger partial charge in [-0.25, -0.2) is 4.39 Å². The molecule has 0 saturated heterocycles. The quantitative estimate of drug-likeness (QED) is 0.551. The average molecular weight is 328 g/mol. The average Bonchev–Trinajstić information content (AvgIpc) is 3.03. The summed E-state index contributed by atoms with van der Waals surface area (Å²) in [6.07, 6.45) is 0.193. The van der Waals surface area contributed by atoms with Gasteiger partial charge in [-0.2, -0.15) is 0 Å². The fraction of sp³-hybridized carbons (Fsp3) is 0.125. The highest BCUT2D eigenvalue weighted by Crippen LogP contribution is 2.16. The predicted octanol–water partition coefficient (Wildman–Crippen LogP) is 3.32. The number of nitrogens with zero attached hydrogens (tertiary/aromatic N) is 3. The maximum Gasteiger partial charge on any atom is 0.315 e. The van der Waals surface area contributed by atoms with Crippen LogP contribution in [-0.4, -0.2) is 15.1 Å². The van der Waals surface area contributed by atoms with E-state index in [1.807, 2.05) is 0 Å². The minimum absolute atomic E-state index is 0.0140. The number of rotatable bonds is 6. The fourth-order valence-corrected chi connectivity index (χ4v) is 2.16. The Balaban J connectivity index is 1.63. The van der Waals surface area contributed by atoms with Gasteiger partial charge in [-0.15, -0.1) is 5.10 Å². The molecule has 0 spiro atoms. The molecule has 1 aromatic heterocycles. The van der Waals surface area contributed by atoms with Gasteiger partial charge in [0.05, 0.1) is 11.3 Å². The molecule has 0 bridgehead atoms. The first-order valence-corrected chi connectivity index (χ1v) is 7.15. The van der Waals surface area contributed by atoms with Crippen LogP contribution >= 0.6 is 0 Å². The van der Waals surface area contributed by atoms with Crippen molar-refractivity contribution >= 4 is 11.7 Å². The van der Waals surface area contributed by atoms with Crippen molar-refractivity contribution in [1.82, 2.24) is 10.2 Å². The molecule has 0 amide bonds. The number of non-ortho nitro benzene ring substituents is 1. The normalized spacial score (nSPS) is 10.5. The molecule has 0 unspecified atom stereocenters. The highest BCUT2D eigenvalue weighted by atomic mass is 19.1. The molecule has 0 aliphatic heterocycles. The molecule has 0 saturated carbocycles. The highest BCUT2D eigenvalue weighted by Gasteiger charge is 2.10. The summed E-state index contributed by atoms with van der Waals surface area (Å²) in [5.74, 6) is -0.0524. The third-order valence-corrected chi connectivity index (χ3v) is 3.33. The second-order valence-electron chi connectivity index (χ2n) is 5.05. The first kappa shape index (κ1) is 15.6. The number of benzene rings is 2. The summed E-state index contributed by atoms with van der Waals surface area (Å²) < 4.78 is 19.0. The summed E-state index contributed by atoms with van der Waals surface area (Å²) in [5, 5.41) is 21.3. The Bertz CT molecular complexity index is 866. The van der Waals surface area contributed by atoms with Gasteiger partial charge in [-0.05, 0) is 17.2 Å². The van der Waals surface area contributed by atoms with Crippen LogP contribution in [0.5, 0.6) is 0 Å². The van der Waals surface area contributed by atoms with E-state index in [0.29, 0.717) is 17.7 Å². The van der Waals surface area contributed by atoms with Crippen LogP contribution in [0.3, 0.4) is 0 Å². The standard InChI is InChI=1S/C16H13FN4O3/c17-14-7-2-1-5-12(14)9-15-19-20-16(24-15)18-10-11-4-3-6-13(8-11)21(22)23/h1-8H,9-10H2,(H,18,20). The summed E-state index contributed by atoms with van der Waals surface area (Å²) in [6.45, 7) is 0.295. The maximum atomic E-state index is 13.6. The maximum absolute atomic E-state index is 13.6. The lowest BCUT2D eigenvalue weighted by molar-refractivity contribution is -0.384. The number of aromatic nitrogens is 2. The van der Waals surface area contributed by atoms with Crippen molar-refractivity contribution in [2.24, 2.45) is 0 Å². The van der Waals surface area contributed by atoms with E-state index in [1.54, 1.807) is 30.3 Å². The van der Waals surface area contributed by atoms with Crippen LogP contribution in [0.25, 0.3) is 0 Å². The monoisotopic (exact) mass is 328 g/mol. The van der Waals surface area contributed by atoms with Gasteiger partial charge in [-0.3, -0.25) is 10.1 Å². The summed E-state index contributed by atoms with van der Waals surface area (Å²) in [6, 6.07) is 12.8. The van der Waals surface area contributed by atoms with Crippen LogP contribution in [0.2, 0.25) is 0 Å². The lowest BCUT2D eigenvalue weighted by atomic mass is 10.1. The Kier molecular flexibility index (Phi) is 4.46. The van der Waals surface area contributed by atoms with Crippen LogP contribution in [0.15, 0.2) is 52.9 Å². The molecule has 0 radical (unpaired) electrons. The number of halogens is 1. The Hall–Kier alpha value is -3.29. The van der Waals surface area contributed by atoms with E-state index >= 15 is 0 Å². The van der Waals surface area contributed by atoms with E-state index in [-0.39, 0.29) is 29.8 Å². The zero-order valence-corrected chi connectivity index (χ0v) is 12.5. The SMILES string of the molecule is O=[N+]([O-])c1cccc(CNc2nnc(Cc3ccccc3F)o2)c1. The molecule has 7 nitrogen and oxygen atoms in total. The smallest absolute Gasteiger partial charge is 0.315 e. The van der Waals surface area contributed by atoms with Gasteiger partial charge in [0, 0.05) is 18.7 Å². The van der Waals surface area contributed by atoms with Gasteiger partial charge in [0.1, 0.15) is 5.82 Å². The van der Waals surface area contributed by atoms with Crippen molar-refractivity contribution in [2.45, 2.75) is 13.0 Å². The van der Waals surface area contributed by atoms with Gasteiger partial charge in [0.25, 0.3) is 5.69 Å². The van der Waals surface area contributed by atoms with E-state index in [9.17, 15) is 14.5 Å². The Labute approximate surface area is 136 Å². The number of nitro benzene ring substituents is 1. The van der Waals surface area contributed by atoms with E-state index in [2.05, 4.69) is 15.5 Å². The van der Waals surface area contributed by atoms with Crippen molar-refractivity contribution in [3.05, 3.63) is 81.5 Å². The Morgan fingerprint density at radius 3 is 2.79 bits per heavy atom. The Morgan fingerprint density at radius 2 is 2.00 bits per heavy atom. The number of anilines is 1. The summed E-state index contributed by atoms with van der Waals surface area (Å²) in [5.41, 5.74) is 1.18. The fourth-order valence-electron chi connectivity index (χ4n) is 2.16. The van der Waals surface area contributed by atoms with Gasteiger partial charge < -0.3 is 9.73 Å². The molecule has 24 heavy (non-hydrogen) atoms. The molecule has 3 rings (SSSR count). The Morgan fingerprint density at radius 1 is 1.17 bits per heavy atom. The van der Waals surface area contributed by atoms with Gasteiger partial charge in [-0.1, -0.05) is 35.4 Å². The van der Waals surface area contributed by atoms with Crippen molar-refractivity contribution in [2.75, 3.05) is 5.32 Å². The predicted molar refractivity (Wildman–Crippen MR) is 83.9 cm³/mol. The van der Waals surface area contributed by atoms with Crippen molar-refractivity contribution in [3.8, 4) is 0 Å². The molecule has 2 aromatic carbocycles. The zero-order chi connectivity index (χ0) is 16.9. The zero-order valence-electron chi connectivity index (χ0n) is 12.5. The van der Waals surface area contributed by atoms with E-state index in [4.69, 9.17) is 4.42 Å². The van der Waals surface area contributed by atoms with Crippen molar-refractivity contribution in [1.29, 1.82) is 0 Å². The molecule has 0 aliphatic rings. The molecule has 3 aromatic rings. The molecule has 8 heteroatoms. The van der Waals surface area contributed by atoms with E-state index in [0.717, 1.165) is 0 Å². The minimum atomic E-state index is -0.456. The molecule has 0 fully saturated rings. The van der Waals surface area contributed by atoms with Crippen LogP contribution in [0, 0.1) is 15.9 Å². The summed E-state index contributed by atoms with van der Waals surface area (Å²) in [7, 11) is 0. The molecule has 0 atom stereocenters. The summed E-state index contributed by atoms with van der Waals surface area (Å²) >= 11 is 0. The highest BCUT2D eigenvalue weighted by molar-refractivity contribution is 5.36. The third kappa shape index (κ3) is 3.72. The second kappa shape index (κ2) is 6.86. The molecule has 1 heterocycles. The van der Waals surface area contributed by atoms with Crippen LogP contribution in [-0.2, 0) is 13.0 Å². The first-order valence-electron chi connectivity index (χ1n) is 7.15. The number of hydrogen-bond acceptors (Lipinski definition) is 6. The summed E-state index contributed by atoms with van der Waals surface area (Å²) in [4.78, 5) is 10.3. The minimum Gasteiger partial charge on any atom is -0.408 e. The molecular formula is C16H13FN4O3. The van der Waals surface area contributed by atoms with Crippen molar-refractivity contribution < 1.29 is 13.7 Å². The first-order chi connectivity index (χ1) is 11.6. The third-order valence-electron chi connectivity index (χ3n) is 3.33. The number of nitrogens with one attached hydrogen (secondary N) is 1. The van der Waals surface area contributed by atoms with Crippen LogP contribution in [0.1, 0.15) is 17.0 Å². The van der Waals surface area contributed by atoms with Gasteiger partial charge in [0.2, 0.25) is 5.89 Å². The van der Waals surface area contributed by atoms with Crippen LogP contribution in [0.4, 0.5) is 16.1 Å². The van der Waals surface area contributed by atoms with Gasteiger partial charge >= 0.3 is 6.01 Å². The van der Waals surface area contributed by atoms with E-state index < -0.39 is 4.92 Å². The topological polar surface area (TPSA) is 94.1 Å². The lowest BCUT2D eigenvalue weighted by Gasteiger charge is -2.01. The van der Waals surface area contributed by atoms with E-state index in [1.165, 1.54) is 18.2 Å². The number of hydrogen-bond donors (Lipinski definition) is 1. The van der Waals surface area contributed by atoms with Gasteiger partial charge in [0.15, 0.2) is 0 Å². The van der Waals surface area contributed by atoms with Crippen LogP contribution < -0.4 is 5.32 Å². The number of nitro groups is 1. The lowest BCUT2D eigenvalue weighted by Crippen LogP contribution is -2.00. The second-order valence-corrected chi connectivity index (χ2v) is 5.05. The molecule has 122 valence electrons. The molecule has 0 aliphatic carbocycles. The molecule has 1 N–H and O–H groups in total. The molecular weight excluding hydrogens is 315 g/mol. The van der Waals surface area contributed by atoms with Crippen molar-refractivity contribution in [3.63, 3.8) is 0 Å². The largest absolute Gasteiger partial charge is 0.408 e.